The Morgan fingerprint density at radius 2 is 1.84 bits per heavy atom. The number of aryl methyl sites for hydroxylation is 1. The average Bonchev–Trinajstić information content (AvgIpc) is 2.31. The molecule has 0 aliphatic carbocycles. The predicted octanol–water partition coefficient (Wildman–Crippen LogP) is 2.71. The van der Waals surface area contributed by atoms with Gasteiger partial charge in [-0.1, -0.05) is 32.0 Å². The number of anilines is 1. The van der Waals surface area contributed by atoms with Gasteiger partial charge in [0.2, 0.25) is 0 Å². The van der Waals surface area contributed by atoms with Gasteiger partial charge in [-0.25, -0.2) is 4.79 Å². The van der Waals surface area contributed by atoms with Crippen molar-refractivity contribution in [3.05, 3.63) is 29.3 Å². The number of para-hydroxylation sites is 1. The molecule has 1 atom stereocenters. The predicted molar refractivity (Wildman–Crippen MR) is 74.5 cm³/mol. The van der Waals surface area contributed by atoms with E-state index in [4.69, 9.17) is 5.11 Å². The van der Waals surface area contributed by atoms with Crippen LogP contribution >= 0.6 is 0 Å². The summed E-state index contributed by atoms with van der Waals surface area (Å²) in [6, 6.07) is 4.36. The molecule has 1 aromatic carbocycles. The van der Waals surface area contributed by atoms with Crippen molar-refractivity contribution in [3.63, 3.8) is 0 Å². The van der Waals surface area contributed by atoms with Crippen LogP contribution in [0.3, 0.4) is 0 Å². The third-order valence-corrected chi connectivity index (χ3v) is 2.88. The molecule has 19 heavy (non-hydrogen) atoms. The van der Waals surface area contributed by atoms with Crippen LogP contribution in [0.5, 0.6) is 0 Å². The largest absolute Gasteiger partial charge is 0.480 e. The molecule has 5 heteroatoms. The van der Waals surface area contributed by atoms with Crippen molar-refractivity contribution in [2.24, 2.45) is 0 Å². The minimum absolute atomic E-state index is 0.270. The highest BCUT2D eigenvalue weighted by Crippen LogP contribution is 2.27. The van der Waals surface area contributed by atoms with Gasteiger partial charge >= 0.3 is 12.0 Å². The topological polar surface area (TPSA) is 78.4 Å². The summed E-state index contributed by atoms with van der Waals surface area (Å²) < 4.78 is 0. The summed E-state index contributed by atoms with van der Waals surface area (Å²) in [6.07, 6.45) is 0. The standard InChI is InChI=1S/C14H20N2O3/c1-8(2)11-7-5-6-9(3)12(11)16-14(19)15-10(4)13(17)18/h5-8,10H,1-4H3,(H,17,18)(H2,15,16,19)/t10-/m0/s1. The Kier molecular flexibility index (Phi) is 4.92. The first-order chi connectivity index (χ1) is 8.82. The number of hydrogen-bond donors (Lipinski definition) is 3. The molecule has 0 fully saturated rings. The maximum atomic E-state index is 11.8. The number of benzene rings is 1. The Balaban J connectivity index is 2.87. The van der Waals surface area contributed by atoms with Gasteiger partial charge in [-0.05, 0) is 30.9 Å². The fourth-order valence-electron chi connectivity index (χ4n) is 1.75. The van der Waals surface area contributed by atoms with E-state index in [0.717, 1.165) is 16.8 Å². The van der Waals surface area contributed by atoms with E-state index in [1.165, 1.54) is 6.92 Å². The second-order valence-electron chi connectivity index (χ2n) is 4.85. The van der Waals surface area contributed by atoms with Crippen LogP contribution in [0, 0.1) is 6.92 Å². The van der Waals surface area contributed by atoms with Gasteiger partial charge in [-0.15, -0.1) is 0 Å². The van der Waals surface area contributed by atoms with Crippen molar-refractivity contribution < 1.29 is 14.7 Å². The molecule has 2 amide bonds. The first-order valence-electron chi connectivity index (χ1n) is 6.22. The molecule has 0 unspecified atom stereocenters. The third-order valence-electron chi connectivity index (χ3n) is 2.88. The van der Waals surface area contributed by atoms with E-state index >= 15 is 0 Å². The minimum atomic E-state index is -1.07. The molecule has 0 saturated carbocycles. The lowest BCUT2D eigenvalue weighted by Crippen LogP contribution is -2.41. The lowest BCUT2D eigenvalue weighted by Gasteiger charge is -2.17. The number of amides is 2. The molecule has 0 aliphatic rings. The van der Waals surface area contributed by atoms with Gasteiger partial charge in [-0.3, -0.25) is 4.79 Å². The Morgan fingerprint density at radius 1 is 1.21 bits per heavy atom. The lowest BCUT2D eigenvalue weighted by atomic mass is 9.98. The van der Waals surface area contributed by atoms with Crippen LogP contribution in [-0.4, -0.2) is 23.1 Å². The van der Waals surface area contributed by atoms with Gasteiger partial charge in [0.05, 0.1) is 0 Å². The van der Waals surface area contributed by atoms with Gasteiger partial charge in [0.25, 0.3) is 0 Å². The van der Waals surface area contributed by atoms with Crippen molar-refractivity contribution in [2.45, 2.75) is 39.7 Å². The highest BCUT2D eigenvalue weighted by atomic mass is 16.4. The van der Waals surface area contributed by atoms with Gasteiger partial charge in [-0.2, -0.15) is 0 Å². The highest BCUT2D eigenvalue weighted by molar-refractivity contribution is 5.93. The summed E-state index contributed by atoms with van der Waals surface area (Å²) in [5.41, 5.74) is 2.72. The highest BCUT2D eigenvalue weighted by Gasteiger charge is 2.16. The Labute approximate surface area is 113 Å². The van der Waals surface area contributed by atoms with Crippen LogP contribution in [0.1, 0.15) is 37.8 Å². The molecule has 0 heterocycles. The summed E-state index contributed by atoms with van der Waals surface area (Å²) >= 11 is 0. The summed E-state index contributed by atoms with van der Waals surface area (Å²) in [7, 11) is 0. The van der Waals surface area contributed by atoms with Crippen molar-refractivity contribution in [3.8, 4) is 0 Å². The molecule has 0 bridgehead atoms. The Bertz CT molecular complexity index is 484. The molecule has 3 N–H and O–H groups in total. The molecule has 0 saturated heterocycles. The normalized spacial score (nSPS) is 12.1. The molecular weight excluding hydrogens is 244 g/mol. The van der Waals surface area contributed by atoms with Crippen LogP contribution in [0.25, 0.3) is 0 Å². The summed E-state index contributed by atoms with van der Waals surface area (Å²) in [5.74, 6) is -0.795. The number of urea groups is 1. The molecule has 0 spiro atoms. The number of carbonyl (C=O) groups excluding carboxylic acids is 1. The minimum Gasteiger partial charge on any atom is -0.480 e. The second-order valence-corrected chi connectivity index (χ2v) is 4.85. The number of hydrogen-bond acceptors (Lipinski definition) is 2. The van der Waals surface area contributed by atoms with Crippen LogP contribution < -0.4 is 10.6 Å². The maximum absolute atomic E-state index is 11.8. The molecule has 5 nitrogen and oxygen atoms in total. The van der Waals surface area contributed by atoms with E-state index in [9.17, 15) is 9.59 Å². The summed E-state index contributed by atoms with van der Waals surface area (Å²) in [5, 5.41) is 13.9. The molecule has 1 rings (SSSR count). The first-order valence-corrected chi connectivity index (χ1v) is 6.22. The number of aliphatic carboxylic acids is 1. The van der Waals surface area contributed by atoms with Crippen LogP contribution in [-0.2, 0) is 4.79 Å². The molecule has 104 valence electrons. The first kappa shape index (κ1) is 15.0. The van der Waals surface area contributed by atoms with E-state index < -0.39 is 18.0 Å². The van der Waals surface area contributed by atoms with Crippen molar-refractivity contribution in [1.82, 2.24) is 5.32 Å². The number of nitrogens with one attached hydrogen (secondary N) is 2. The smallest absolute Gasteiger partial charge is 0.325 e. The maximum Gasteiger partial charge on any atom is 0.325 e. The SMILES string of the molecule is Cc1cccc(C(C)C)c1NC(=O)N[C@@H](C)C(=O)O. The third kappa shape index (κ3) is 3.98. The van der Waals surface area contributed by atoms with Gasteiger partial charge < -0.3 is 15.7 Å². The Morgan fingerprint density at radius 3 is 2.37 bits per heavy atom. The quantitative estimate of drug-likeness (QED) is 0.782. The number of carboxylic acids is 1. The number of carbonyl (C=O) groups is 2. The van der Waals surface area contributed by atoms with Crippen molar-refractivity contribution in [1.29, 1.82) is 0 Å². The van der Waals surface area contributed by atoms with Crippen LogP contribution in [0.4, 0.5) is 10.5 Å². The monoisotopic (exact) mass is 264 g/mol. The fourth-order valence-corrected chi connectivity index (χ4v) is 1.75. The van der Waals surface area contributed by atoms with Crippen molar-refractivity contribution in [2.75, 3.05) is 5.32 Å². The number of rotatable bonds is 4. The summed E-state index contributed by atoms with van der Waals surface area (Å²) in [6.45, 7) is 7.40. The zero-order valence-electron chi connectivity index (χ0n) is 11.7. The van der Waals surface area contributed by atoms with E-state index in [1.54, 1.807) is 0 Å². The zero-order chi connectivity index (χ0) is 14.6. The van der Waals surface area contributed by atoms with Gasteiger partial charge in [0.1, 0.15) is 6.04 Å². The molecule has 0 radical (unpaired) electrons. The molecule has 0 aliphatic heterocycles. The van der Waals surface area contributed by atoms with E-state index in [0.29, 0.717) is 0 Å². The average molecular weight is 264 g/mol. The molecule has 0 aromatic heterocycles. The zero-order valence-corrected chi connectivity index (χ0v) is 11.7. The van der Waals surface area contributed by atoms with Gasteiger partial charge in [0, 0.05) is 5.69 Å². The van der Waals surface area contributed by atoms with E-state index in [2.05, 4.69) is 10.6 Å². The van der Waals surface area contributed by atoms with Crippen molar-refractivity contribution >= 4 is 17.7 Å². The second kappa shape index (κ2) is 6.22. The molecule has 1 aromatic rings. The van der Waals surface area contributed by atoms with Gasteiger partial charge in [0.15, 0.2) is 0 Å². The Hall–Kier alpha value is -2.04. The summed E-state index contributed by atoms with van der Waals surface area (Å²) in [4.78, 5) is 22.5. The molecular formula is C14H20N2O3. The van der Waals surface area contributed by atoms with Crippen LogP contribution in [0.15, 0.2) is 18.2 Å². The lowest BCUT2D eigenvalue weighted by molar-refractivity contribution is -0.138. The fraction of sp³-hybridized carbons (Fsp3) is 0.429. The van der Waals surface area contributed by atoms with Crippen LogP contribution in [0.2, 0.25) is 0 Å². The van der Waals surface area contributed by atoms with E-state index in [1.807, 2.05) is 39.0 Å². The van der Waals surface area contributed by atoms with E-state index in [-0.39, 0.29) is 5.92 Å². The number of carboxylic acid groups (broad SMARTS) is 1.